The van der Waals surface area contributed by atoms with Gasteiger partial charge in [0.05, 0.1) is 11.9 Å². The number of aliphatic imine (C=N–C) groups is 1. The molecule has 8 heteroatoms. The van der Waals surface area contributed by atoms with Gasteiger partial charge in [0, 0.05) is 33.0 Å². The molecule has 1 fully saturated rings. The molecule has 0 atom stereocenters. The van der Waals surface area contributed by atoms with Crippen LogP contribution < -0.4 is 10.6 Å². The number of hydrogen-bond acceptors (Lipinski definition) is 4. The molecule has 0 unspecified atom stereocenters. The molecule has 0 spiro atoms. The third-order valence-electron chi connectivity index (χ3n) is 3.73. The monoisotopic (exact) mass is 461 g/mol. The Morgan fingerprint density at radius 1 is 1.13 bits per heavy atom. The average Bonchev–Trinajstić information content (AvgIpc) is 2.49. The molecule has 0 bridgehead atoms. The van der Waals surface area contributed by atoms with Crippen molar-refractivity contribution < 1.29 is 13.2 Å². The van der Waals surface area contributed by atoms with E-state index in [0.717, 1.165) is 19.6 Å². The van der Waals surface area contributed by atoms with Gasteiger partial charge in [-0.25, -0.2) is 8.42 Å². The Balaban J connectivity index is 0.00000484. The zero-order chi connectivity index (χ0) is 16.3. The lowest BCUT2D eigenvalue weighted by Gasteiger charge is -2.22. The summed E-state index contributed by atoms with van der Waals surface area (Å²) in [7, 11) is -1.17. The van der Waals surface area contributed by atoms with Gasteiger partial charge in [-0.2, -0.15) is 0 Å². The van der Waals surface area contributed by atoms with E-state index in [0.29, 0.717) is 25.0 Å². The van der Waals surface area contributed by atoms with Gasteiger partial charge in [-0.1, -0.05) is 19.3 Å². The molecule has 0 aromatic carbocycles. The van der Waals surface area contributed by atoms with E-state index >= 15 is 0 Å². The van der Waals surface area contributed by atoms with E-state index in [9.17, 15) is 8.42 Å². The molecule has 1 saturated carbocycles. The molecule has 0 aliphatic heterocycles. The molecule has 2 N–H and O–H groups in total. The van der Waals surface area contributed by atoms with E-state index in [1.54, 1.807) is 7.05 Å². The summed E-state index contributed by atoms with van der Waals surface area (Å²) in [4.78, 5) is 4.11. The number of nitrogens with zero attached hydrogens (tertiary/aromatic N) is 1. The van der Waals surface area contributed by atoms with Crippen molar-refractivity contribution in [3.63, 3.8) is 0 Å². The molecule has 0 aromatic heterocycles. The van der Waals surface area contributed by atoms with Crippen molar-refractivity contribution in [2.45, 2.75) is 51.0 Å². The maximum Gasteiger partial charge on any atom is 0.190 e. The first-order chi connectivity index (χ1) is 10.5. The smallest absolute Gasteiger partial charge is 0.190 e. The van der Waals surface area contributed by atoms with Gasteiger partial charge in [0.25, 0.3) is 0 Å². The second kappa shape index (κ2) is 13.2. The Hall–Kier alpha value is -0.0900. The van der Waals surface area contributed by atoms with Crippen LogP contribution in [0.15, 0.2) is 4.99 Å². The van der Waals surface area contributed by atoms with Gasteiger partial charge < -0.3 is 15.4 Å². The summed E-state index contributed by atoms with van der Waals surface area (Å²) in [5.41, 5.74) is 0. The molecule has 1 aliphatic rings. The van der Waals surface area contributed by atoms with Crippen molar-refractivity contribution in [1.29, 1.82) is 0 Å². The summed E-state index contributed by atoms with van der Waals surface area (Å²) in [6, 6.07) is 0. The lowest BCUT2D eigenvalue weighted by atomic mass is 9.98. The number of halogens is 1. The van der Waals surface area contributed by atoms with Gasteiger partial charge in [-0.05, 0) is 25.7 Å². The molecule has 1 rings (SSSR count). The van der Waals surface area contributed by atoms with Crippen LogP contribution in [0.4, 0.5) is 0 Å². The minimum atomic E-state index is -2.88. The second-order valence-electron chi connectivity index (χ2n) is 5.89. The van der Waals surface area contributed by atoms with E-state index in [1.165, 1.54) is 38.4 Å². The Kier molecular flexibility index (Phi) is 13.2. The van der Waals surface area contributed by atoms with E-state index in [4.69, 9.17) is 4.74 Å². The third-order valence-corrected chi connectivity index (χ3v) is 4.76. The highest BCUT2D eigenvalue weighted by Crippen LogP contribution is 2.20. The average molecular weight is 461 g/mol. The summed E-state index contributed by atoms with van der Waals surface area (Å²) in [5.74, 6) is 0.915. The number of hydrogen-bond donors (Lipinski definition) is 2. The van der Waals surface area contributed by atoms with E-state index < -0.39 is 9.84 Å². The van der Waals surface area contributed by atoms with Crippen molar-refractivity contribution in [2.75, 3.05) is 38.8 Å². The summed E-state index contributed by atoms with van der Waals surface area (Å²) in [5, 5.41) is 6.33. The van der Waals surface area contributed by atoms with Crippen molar-refractivity contribution in [3.8, 4) is 0 Å². The van der Waals surface area contributed by atoms with Crippen LogP contribution in [0.25, 0.3) is 0 Å². The van der Waals surface area contributed by atoms with Crippen molar-refractivity contribution >= 4 is 39.8 Å². The maximum atomic E-state index is 11.0. The number of nitrogens with one attached hydrogen (secondary N) is 2. The molecule has 1 aliphatic carbocycles. The highest BCUT2D eigenvalue weighted by Gasteiger charge is 2.12. The minimum absolute atomic E-state index is 0. The summed E-state index contributed by atoms with van der Waals surface area (Å²) in [6.07, 6.45) is 9.61. The first kappa shape index (κ1) is 22.9. The predicted molar refractivity (Wildman–Crippen MR) is 107 cm³/mol. The molecular formula is C15H32IN3O3S. The van der Waals surface area contributed by atoms with Crippen LogP contribution in [0, 0.1) is 0 Å². The van der Waals surface area contributed by atoms with Crippen LogP contribution in [0.2, 0.25) is 0 Å². The Morgan fingerprint density at radius 3 is 2.30 bits per heavy atom. The van der Waals surface area contributed by atoms with Gasteiger partial charge >= 0.3 is 0 Å². The topological polar surface area (TPSA) is 79.8 Å². The highest BCUT2D eigenvalue weighted by atomic mass is 127. The van der Waals surface area contributed by atoms with Crippen LogP contribution in [-0.4, -0.2) is 59.2 Å². The van der Waals surface area contributed by atoms with Gasteiger partial charge in [0.1, 0.15) is 9.84 Å². The molecule has 0 saturated heterocycles. The van der Waals surface area contributed by atoms with Gasteiger partial charge in [-0.15, -0.1) is 24.0 Å². The highest BCUT2D eigenvalue weighted by molar-refractivity contribution is 14.0. The minimum Gasteiger partial charge on any atom is -0.378 e. The Morgan fingerprint density at radius 2 is 1.74 bits per heavy atom. The fourth-order valence-electron chi connectivity index (χ4n) is 2.52. The molecular weight excluding hydrogens is 429 g/mol. The fourth-order valence-corrected chi connectivity index (χ4v) is 3.19. The maximum absolute atomic E-state index is 11.0. The fraction of sp³-hybridized carbons (Fsp3) is 0.933. The lowest BCUT2D eigenvalue weighted by Crippen LogP contribution is -2.39. The molecule has 0 amide bonds. The van der Waals surface area contributed by atoms with Crippen molar-refractivity contribution in [2.24, 2.45) is 4.99 Å². The van der Waals surface area contributed by atoms with Gasteiger partial charge in [0.15, 0.2) is 5.96 Å². The quantitative estimate of drug-likeness (QED) is 0.238. The Bertz CT molecular complexity index is 424. The summed E-state index contributed by atoms with van der Waals surface area (Å²) in [6.45, 7) is 2.19. The van der Waals surface area contributed by atoms with Crippen LogP contribution in [0.3, 0.4) is 0 Å². The molecule has 0 radical (unpaired) electrons. The molecule has 0 heterocycles. The Labute approximate surface area is 158 Å². The largest absolute Gasteiger partial charge is 0.378 e. The summed E-state index contributed by atoms with van der Waals surface area (Å²) < 4.78 is 27.9. The molecule has 6 nitrogen and oxygen atoms in total. The van der Waals surface area contributed by atoms with E-state index in [1.807, 2.05) is 0 Å². The van der Waals surface area contributed by atoms with E-state index in [-0.39, 0.29) is 29.7 Å². The molecule has 23 heavy (non-hydrogen) atoms. The number of guanidine groups is 1. The normalized spacial score (nSPS) is 16.7. The number of rotatable bonds is 9. The standard InChI is InChI=1S/C15H31N3O3S.HI/c1-16-15(18-11-7-13-22(2,19)20)17-10-6-12-21-14-8-4-3-5-9-14;/h14H,3-13H2,1-2H3,(H2,16,17,18);1H. The van der Waals surface area contributed by atoms with Crippen LogP contribution in [0.5, 0.6) is 0 Å². The van der Waals surface area contributed by atoms with Crippen molar-refractivity contribution in [1.82, 2.24) is 10.6 Å². The number of ether oxygens (including phenoxy) is 1. The zero-order valence-electron chi connectivity index (χ0n) is 14.3. The first-order valence-electron chi connectivity index (χ1n) is 8.25. The molecule has 138 valence electrons. The predicted octanol–water partition coefficient (Wildman–Crippen LogP) is 1.94. The third kappa shape index (κ3) is 12.9. The van der Waals surface area contributed by atoms with Crippen molar-refractivity contribution in [3.05, 3.63) is 0 Å². The molecule has 0 aromatic rings. The SMILES string of the molecule is CN=C(NCCCOC1CCCCC1)NCCCS(C)(=O)=O.I. The first-order valence-corrected chi connectivity index (χ1v) is 10.3. The number of sulfone groups is 1. The summed E-state index contributed by atoms with van der Waals surface area (Å²) >= 11 is 0. The van der Waals surface area contributed by atoms with Crippen LogP contribution >= 0.6 is 24.0 Å². The lowest BCUT2D eigenvalue weighted by molar-refractivity contribution is 0.0277. The second-order valence-corrected chi connectivity index (χ2v) is 8.15. The van der Waals surface area contributed by atoms with Crippen LogP contribution in [-0.2, 0) is 14.6 Å². The van der Waals surface area contributed by atoms with Gasteiger partial charge in [0.2, 0.25) is 0 Å². The van der Waals surface area contributed by atoms with E-state index in [2.05, 4.69) is 15.6 Å². The van der Waals surface area contributed by atoms with Gasteiger partial charge in [-0.3, -0.25) is 4.99 Å². The zero-order valence-corrected chi connectivity index (χ0v) is 17.5. The van der Waals surface area contributed by atoms with Crippen LogP contribution in [0.1, 0.15) is 44.9 Å².